The molecular weight excluding hydrogens is 705 g/mol. The van der Waals surface area contributed by atoms with Crippen molar-refractivity contribution >= 4 is 72.1 Å². The van der Waals surface area contributed by atoms with Gasteiger partial charge in [-0.15, -0.1) is 0 Å². The van der Waals surface area contributed by atoms with Crippen molar-refractivity contribution in [3.05, 3.63) is 217 Å². The molecule has 0 atom stereocenters. The smallest absolute Gasteiger partial charge is 0.227 e. The maximum atomic E-state index is 9.43. The molecule has 0 radical (unpaired) electrons. The summed E-state index contributed by atoms with van der Waals surface area (Å²) in [6.45, 7) is 0. The van der Waals surface area contributed by atoms with Crippen LogP contribution in [0, 0.1) is 5.41 Å². The Kier molecular flexibility index (Phi) is 7.93. The van der Waals surface area contributed by atoms with E-state index < -0.39 is 0 Å². The molecule has 0 saturated carbocycles. The molecule has 8 aromatic carbocycles. The molecule has 10 aromatic rings. The zero-order chi connectivity index (χ0) is 38.6. The van der Waals surface area contributed by atoms with Crippen LogP contribution in [0.3, 0.4) is 0 Å². The second-order valence-corrected chi connectivity index (χ2v) is 14.8. The van der Waals surface area contributed by atoms with Crippen LogP contribution in [-0.4, -0.2) is 20.8 Å². The summed E-state index contributed by atoms with van der Waals surface area (Å²) in [5.74, 6) is 0.169. The highest BCUT2D eigenvalue weighted by molar-refractivity contribution is 6.24. The quantitative estimate of drug-likeness (QED) is 0.138. The van der Waals surface area contributed by atoms with Crippen LogP contribution >= 0.6 is 0 Å². The molecule has 58 heavy (non-hydrogen) atoms. The predicted octanol–water partition coefficient (Wildman–Crippen LogP) is 13.8. The first-order valence-corrected chi connectivity index (χ1v) is 19.6. The number of fused-ring (bicyclic) bond motifs is 8. The Bertz CT molecular complexity index is 3370. The first-order valence-electron chi connectivity index (χ1n) is 19.6. The molecule has 1 N–H and O–H groups in total. The first-order chi connectivity index (χ1) is 28.7. The molecular formula is C54H36N4. The van der Waals surface area contributed by atoms with E-state index >= 15 is 0 Å². The van der Waals surface area contributed by atoms with Crippen LogP contribution in [0.25, 0.3) is 88.4 Å². The number of aliphatic imine (C=N–C) groups is 1. The number of para-hydroxylation sites is 3. The summed E-state index contributed by atoms with van der Waals surface area (Å²) in [6.07, 6.45) is 10.1. The normalized spacial score (nSPS) is 14.2. The average Bonchev–Trinajstić information content (AvgIpc) is 3.80. The minimum Gasteiger partial charge on any atom is -0.309 e. The van der Waals surface area contributed by atoms with E-state index in [-0.39, 0.29) is 5.96 Å². The summed E-state index contributed by atoms with van der Waals surface area (Å²) in [4.78, 5) is 4.94. The molecule has 11 rings (SSSR count). The van der Waals surface area contributed by atoms with Crippen molar-refractivity contribution in [2.45, 2.75) is 0 Å². The third-order valence-corrected chi connectivity index (χ3v) is 11.4. The molecule has 4 nitrogen and oxygen atoms in total. The van der Waals surface area contributed by atoms with Crippen LogP contribution in [-0.2, 0) is 0 Å². The predicted molar refractivity (Wildman–Crippen MR) is 245 cm³/mol. The average molecular weight is 741 g/mol. The Morgan fingerprint density at radius 2 is 1.07 bits per heavy atom. The van der Waals surface area contributed by atoms with Crippen molar-refractivity contribution in [2.75, 3.05) is 0 Å². The van der Waals surface area contributed by atoms with E-state index in [0.717, 1.165) is 61.0 Å². The van der Waals surface area contributed by atoms with E-state index in [1.807, 2.05) is 47.1 Å². The summed E-state index contributed by atoms with van der Waals surface area (Å²) in [5, 5.41) is 16.6. The number of aromatic nitrogens is 2. The van der Waals surface area contributed by atoms with Gasteiger partial charge in [0.05, 0.1) is 27.8 Å². The molecule has 1 aliphatic carbocycles. The summed E-state index contributed by atoms with van der Waals surface area (Å²) in [5.41, 5.74) is 12.8. The maximum Gasteiger partial charge on any atom is 0.227 e. The van der Waals surface area contributed by atoms with E-state index in [0.29, 0.717) is 0 Å². The van der Waals surface area contributed by atoms with Crippen molar-refractivity contribution in [3.63, 3.8) is 0 Å². The number of nitrogens with one attached hydrogen (secondary N) is 1. The van der Waals surface area contributed by atoms with Crippen LogP contribution in [0.5, 0.6) is 0 Å². The minimum atomic E-state index is 0.169. The van der Waals surface area contributed by atoms with E-state index in [1.165, 1.54) is 38.1 Å². The number of hydrogen-bond donors (Lipinski definition) is 1. The summed E-state index contributed by atoms with van der Waals surface area (Å²) in [7, 11) is 0. The topological polar surface area (TPSA) is 46.1 Å². The van der Waals surface area contributed by atoms with Crippen molar-refractivity contribution in [1.29, 1.82) is 5.41 Å². The Balaban J connectivity index is 1.02. The van der Waals surface area contributed by atoms with Gasteiger partial charge in [0.25, 0.3) is 0 Å². The Morgan fingerprint density at radius 3 is 1.86 bits per heavy atom. The standard InChI is InChI=1S/C54H36N4/c55-54(56-48-24-12-7-17-40(48)33-36-15-3-1-4-16-36)58-49-25-13-10-21-43(49)44-32-31-39(34-51(44)58)37-27-29-38(30-28-37)47-35-52-53(45-22-9-8-20-42(45)47)46-23-11-14-26-50(46)57(52)41-18-5-2-6-19-41/h1-35,55H/b40-33+,55-54?,56-48-. The fraction of sp³-hybridized carbons (Fsp3) is 0. The number of hydrogen-bond acceptors (Lipinski definition) is 1. The largest absolute Gasteiger partial charge is 0.309 e. The van der Waals surface area contributed by atoms with Gasteiger partial charge in [0, 0.05) is 32.8 Å². The van der Waals surface area contributed by atoms with Crippen LogP contribution < -0.4 is 0 Å². The highest BCUT2D eigenvalue weighted by Crippen LogP contribution is 2.42. The fourth-order valence-corrected chi connectivity index (χ4v) is 8.75. The number of allylic oxidation sites excluding steroid dienone is 5. The minimum absolute atomic E-state index is 0.169. The number of benzene rings is 8. The molecule has 0 saturated heterocycles. The molecule has 1 aliphatic rings. The van der Waals surface area contributed by atoms with Crippen LogP contribution in [0.4, 0.5) is 0 Å². The zero-order valence-corrected chi connectivity index (χ0v) is 31.5. The maximum absolute atomic E-state index is 9.43. The summed E-state index contributed by atoms with van der Waals surface area (Å²) >= 11 is 0. The van der Waals surface area contributed by atoms with Crippen molar-refractivity contribution in [1.82, 2.24) is 9.13 Å². The third-order valence-electron chi connectivity index (χ3n) is 11.4. The van der Waals surface area contributed by atoms with Gasteiger partial charge in [0.15, 0.2) is 0 Å². The van der Waals surface area contributed by atoms with E-state index in [2.05, 4.69) is 174 Å². The molecule has 0 bridgehead atoms. The lowest BCUT2D eigenvalue weighted by molar-refractivity contribution is 1.18. The van der Waals surface area contributed by atoms with Crippen LogP contribution in [0.2, 0.25) is 0 Å². The van der Waals surface area contributed by atoms with E-state index in [4.69, 9.17) is 4.99 Å². The highest BCUT2D eigenvalue weighted by atomic mass is 15.1. The molecule has 0 fully saturated rings. The molecule has 2 heterocycles. The van der Waals surface area contributed by atoms with Gasteiger partial charge in [-0.3, -0.25) is 9.98 Å². The molecule has 272 valence electrons. The van der Waals surface area contributed by atoms with Crippen LogP contribution in [0.15, 0.2) is 217 Å². The highest BCUT2D eigenvalue weighted by Gasteiger charge is 2.19. The lowest BCUT2D eigenvalue weighted by Gasteiger charge is -2.13. The molecule has 2 aromatic heterocycles. The van der Waals surface area contributed by atoms with Crippen molar-refractivity contribution < 1.29 is 0 Å². The van der Waals surface area contributed by atoms with Gasteiger partial charge in [-0.05, 0) is 87.1 Å². The molecule has 0 unspecified atom stereocenters. The molecule has 0 aliphatic heterocycles. The lowest BCUT2D eigenvalue weighted by atomic mass is 9.93. The van der Waals surface area contributed by atoms with Crippen molar-refractivity contribution in [3.8, 4) is 27.9 Å². The lowest BCUT2D eigenvalue weighted by Crippen LogP contribution is -2.12. The first kappa shape index (κ1) is 33.5. The summed E-state index contributed by atoms with van der Waals surface area (Å²) < 4.78 is 4.38. The number of nitrogens with zero attached hydrogens (tertiary/aromatic N) is 3. The SMILES string of the molecule is N=C(/N=C1/C=CC=C/C1=C\c1ccccc1)n1c2ccccc2c2ccc(-c3ccc(-c4cc5c(c6ccccc46)c4ccccc4n5-c4ccccc4)cc3)cc21. The van der Waals surface area contributed by atoms with E-state index in [1.54, 1.807) is 0 Å². The van der Waals surface area contributed by atoms with Gasteiger partial charge < -0.3 is 4.57 Å². The Hall–Kier alpha value is -7.82. The summed E-state index contributed by atoms with van der Waals surface area (Å²) in [6, 6.07) is 64.6. The molecule has 0 spiro atoms. The van der Waals surface area contributed by atoms with Crippen molar-refractivity contribution in [2.24, 2.45) is 4.99 Å². The van der Waals surface area contributed by atoms with Gasteiger partial charge in [-0.25, -0.2) is 4.99 Å². The third kappa shape index (κ3) is 5.54. The Labute approximate surface area is 335 Å². The fourth-order valence-electron chi connectivity index (χ4n) is 8.75. The van der Waals surface area contributed by atoms with Gasteiger partial charge in [0.2, 0.25) is 5.96 Å². The second-order valence-electron chi connectivity index (χ2n) is 14.8. The Morgan fingerprint density at radius 1 is 0.466 bits per heavy atom. The molecule has 4 heteroatoms. The van der Waals surface area contributed by atoms with Gasteiger partial charge >= 0.3 is 0 Å². The second kappa shape index (κ2) is 13.7. The monoisotopic (exact) mass is 740 g/mol. The van der Waals surface area contributed by atoms with Crippen LogP contribution in [0.1, 0.15) is 5.56 Å². The molecule has 0 amide bonds. The zero-order valence-electron chi connectivity index (χ0n) is 31.5. The van der Waals surface area contributed by atoms with Gasteiger partial charge in [-0.1, -0.05) is 164 Å². The van der Waals surface area contributed by atoms with Gasteiger partial charge in [0.1, 0.15) is 0 Å². The van der Waals surface area contributed by atoms with E-state index in [9.17, 15) is 5.41 Å². The number of rotatable bonds is 4. The van der Waals surface area contributed by atoms with Gasteiger partial charge in [-0.2, -0.15) is 0 Å².